The van der Waals surface area contributed by atoms with Crippen molar-refractivity contribution in [2.45, 2.75) is 61.2 Å². The van der Waals surface area contributed by atoms with Crippen molar-refractivity contribution in [1.82, 2.24) is 0 Å². The zero-order chi connectivity index (χ0) is 19.4. The minimum atomic E-state index is -1.30. The van der Waals surface area contributed by atoms with E-state index < -0.39 is 28.6 Å². The lowest BCUT2D eigenvalue weighted by Gasteiger charge is -2.33. The number of rotatable bonds is 0. The molecule has 0 atom stereocenters. The molecule has 1 heterocycles. The van der Waals surface area contributed by atoms with Crippen LogP contribution < -0.4 is 0 Å². The summed E-state index contributed by atoms with van der Waals surface area (Å²) in [6, 6.07) is 0. The van der Waals surface area contributed by atoms with Crippen LogP contribution in [0.3, 0.4) is 0 Å². The molecule has 0 saturated carbocycles. The van der Waals surface area contributed by atoms with E-state index in [-0.39, 0.29) is 11.4 Å². The first-order chi connectivity index (χ1) is 11.1. The third-order valence-electron chi connectivity index (χ3n) is 4.08. The fraction of sp³-hybridized carbons (Fsp3) is 0.550. The Labute approximate surface area is 148 Å². The van der Waals surface area contributed by atoms with Crippen molar-refractivity contribution in [2.75, 3.05) is 0 Å². The first kappa shape index (κ1) is 19.2. The van der Waals surface area contributed by atoms with Crippen molar-refractivity contribution in [3.63, 3.8) is 0 Å². The van der Waals surface area contributed by atoms with Crippen molar-refractivity contribution in [1.29, 1.82) is 0 Å². The largest absolute Gasteiger partial charge is 0.419 e. The average Bonchev–Trinajstić information content (AvgIpc) is 2.35. The highest BCUT2D eigenvalue weighted by molar-refractivity contribution is 6.19. The molecule has 1 fully saturated rings. The van der Waals surface area contributed by atoms with Gasteiger partial charge in [0.1, 0.15) is 0 Å². The van der Waals surface area contributed by atoms with Crippen molar-refractivity contribution < 1.29 is 23.9 Å². The molecule has 1 saturated heterocycles. The van der Waals surface area contributed by atoms with Crippen molar-refractivity contribution >= 4 is 17.7 Å². The second-order valence-corrected chi connectivity index (χ2v) is 8.95. The quantitative estimate of drug-likeness (QED) is 0.380. The molecule has 5 heteroatoms. The van der Waals surface area contributed by atoms with Crippen LogP contribution in [-0.2, 0) is 23.9 Å². The van der Waals surface area contributed by atoms with E-state index in [9.17, 15) is 14.4 Å². The normalized spacial score (nSPS) is 21.5. The van der Waals surface area contributed by atoms with Gasteiger partial charge in [-0.25, -0.2) is 9.59 Å². The van der Waals surface area contributed by atoms with Crippen LogP contribution in [0, 0.1) is 10.8 Å². The van der Waals surface area contributed by atoms with Gasteiger partial charge in [0.2, 0.25) is 0 Å². The van der Waals surface area contributed by atoms with Crippen molar-refractivity contribution in [3.05, 3.63) is 34.4 Å². The number of Topliss-reactive ketones (excluding diaryl/α,β-unsaturated/α-hetero) is 1. The molecule has 0 radical (unpaired) electrons. The number of allylic oxidation sites excluding steroid dienone is 5. The van der Waals surface area contributed by atoms with Crippen LogP contribution in [0.1, 0.15) is 55.4 Å². The second-order valence-electron chi connectivity index (χ2n) is 8.95. The Morgan fingerprint density at radius 1 is 0.760 bits per heavy atom. The SMILES string of the molecule is CC1(C)OC(=O)C(=C2C=C(C(C)(C)C)C(=O)C(C(C)(C)C)=C2)C(=O)O1. The van der Waals surface area contributed by atoms with Gasteiger partial charge in [0, 0.05) is 25.0 Å². The van der Waals surface area contributed by atoms with Gasteiger partial charge in [-0.1, -0.05) is 41.5 Å². The van der Waals surface area contributed by atoms with Gasteiger partial charge in [-0.3, -0.25) is 4.79 Å². The summed E-state index contributed by atoms with van der Waals surface area (Å²) in [6.07, 6.45) is 3.21. The third-order valence-corrected chi connectivity index (χ3v) is 4.08. The minimum Gasteiger partial charge on any atom is -0.419 e. The minimum absolute atomic E-state index is 0.0674. The first-order valence-corrected chi connectivity index (χ1v) is 8.33. The summed E-state index contributed by atoms with van der Waals surface area (Å²) in [4.78, 5) is 37.7. The maximum Gasteiger partial charge on any atom is 0.349 e. The number of carbonyl (C=O) groups is 3. The van der Waals surface area contributed by atoms with Crippen LogP contribution in [0.15, 0.2) is 34.4 Å². The van der Waals surface area contributed by atoms with Gasteiger partial charge >= 0.3 is 11.9 Å². The number of ether oxygens (including phenoxy) is 2. The van der Waals surface area contributed by atoms with Crippen LogP contribution >= 0.6 is 0 Å². The Morgan fingerprint density at radius 2 is 1.12 bits per heavy atom. The predicted octanol–water partition coefficient (Wildman–Crippen LogP) is 3.65. The van der Waals surface area contributed by atoms with E-state index in [2.05, 4.69) is 0 Å². The summed E-state index contributed by atoms with van der Waals surface area (Å²) < 4.78 is 10.4. The van der Waals surface area contributed by atoms with Gasteiger partial charge in [0.25, 0.3) is 5.79 Å². The van der Waals surface area contributed by atoms with Crippen LogP contribution in [-0.4, -0.2) is 23.5 Å². The maximum absolute atomic E-state index is 12.9. The Balaban J connectivity index is 2.71. The lowest BCUT2D eigenvalue weighted by Crippen LogP contribution is -2.42. The summed E-state index contributed by atoms with van der Waals surface area (Å²) in [5.74, 6) is -2.84. The second kappa shape index (κ2) is 5.68. The summed E-state index contributed by atoms with van der Waals surface area (Å²) in [7, 11) is 0. The molecule has 5 nitrogen and oxygen atoms in total. The highest BCUT2D eigenvalue weighted by atomic mass is 16.7. The molecule has 0 unspecified atom stereocenters. The van der Waals surface area contributed by atoms with E-state index in [0.29, 0.717) is 16.7 Å². The Kier molecular flexibility index (Phi) is 4.35. The number of carbonyl (C=O) groups excluding carboxylic acids is 3. The Bertz CT molecular complexity index is 688. The zero-order valence-electron chi connectivity index (χ0n) is 16.2. The lowest BCUT2D eigenvalue weighted by atomic mass is 9.71. The van der Waals surface area contributed by atoms with Gasteiger partial charge in [-0.15, -0.1) is 0 Å². The predicted molar refractivity (Wildman–Crippen MR) is 93.4 cm³/mol. The molecule has 0 spiro atoms. The Morgan fingerprint density at radius 3 is 1.44 bits per heavy atom. The molecule has 1 aliphatic carbocycles. The van der Waals surface area contributed by atoms with Gasteiger partial charge in [-0.05, 0) is 28.6 Å². The van der Waals surface area contributed by atoms with E-state index in [1.807, 2.05) is 41.5 Å². The van der Waals surface area contributed by atoms with Gasteiger partial charge in [0.15, 0.2) is 11.4 Å². The zero-order valence-corrected chi connectivity index (χ0v) is 16.2. The van der Waals surface area contributed by atoms with Crippen molar-refractivity contribution in [2.24, 2.45) is 10.8 Å². The molecule has 2 rings (SSSR count). The highest BCUT2D eigenvalue weighted by Gasteiger charge is 2.42. The van der Waals surface area contributed by atoms with E-state index in [4.69, 9.17) is 9.47 Å². The fourth-order valence-corrected chi connectivity index (χ4v) is 2.78. The number of ketones is 1. The molecule has 2 aliphatic rings. The number of hydrogen-bond donors (Lipinski definition) is 0. The molecule has 0 aromatic carbocycles. The van der Waals surface area contributed by atoms with Gasteiger partial charge < -0.3 is 9.47 Å². The van der Waals surface area contributed by atoms with E-state index in [0.717, 1.165) is 0 Å². The monoisotopic (exact) mass is 346 g/mol. The van der Waals surface area contributed by atoms with Crippen LogP contribution in [0.5, 0.6) is 0 Å². The number of cyclic esters (lactones) is 2. The molecular weight excluding hydrogens is 320 g/mol. The summed E-state index contributed by atoms with van der Waals surface area (Å²) in [6.45, 7) is 14.5. The Hall–Kier alpha value is -2.17. The highest BCUT2D eigenvalue weighted by Crippen LogP contribution is 2.40. The summed E-state index contributed by atoms with van der Waals surface area (Å²) in [5.41, 5.74) is 0.418. The standard InChI is InChI=1S/C20H26O5/c1-18(2,3)12-9-11(10-13(15(12)21)19(4,5)6)14-16(22)24-20(7,8)25-17(14)23/h9-10H,1-8H3. The number of esters is 2. The van der Waals surface area contributed by atoms with Crippen LogP contribution in [0.25, 0.3) is 0 Å². The molecule has 0 amide bonds. The molecule has 0 N–H and O–H groups in total. The van der Waals surface area contributed by atoms with Crippen molar-refractivity contribution in [3.8, 4) is 0 Å². The topological polar surface area (TPSA) is 69.7 Å². The summed E-state index contributed by atoms with van der Waals surface area (Å²) >= 11 is 0. The van der Waals surface area contributed by atoms with Gasteiger partial charge in [0.05, 0.1) is 0 Å². The van der Waals surface area contributed by atoms with Gasteiger partial charge in [-0.2, -0.15) is 0 Å². The first-order valence-electron chi connectivity index (χ1n) is 8.33. The van der Waals surface area contributed by atoms with E-state index in [1.54, 1.807) is 12.2 Å². The molecule has 25 heavy (non-hydrogen) atoms. The van der Waals surface area contributed by atoms with Crippen LogP contribution in [0.4, 0.5) is 0 Å². The van der Waals surface area contributed by atoms with Crippen LogP contribution in [0.2, 0.25) is 0 Å². The number of hydrogen-bond acceptors (Lipinski definition) is 5. The molecule has 0 aromatic heterocycles. The summed E-state index contributed by atoms with van der Waals surface area (Å²) in [5, 5.41) is 0. The van der Waals surface area contributed by atoms with E-state index in [1.165, 1.54) is 13.8 Å². The van der Waals surface area contributed by atoms with E-state index >= 15 is 0 Å². The third kappa shape index (κ3) is 3.75. The maximum atomic E-state index is 12.9. The molecule has 0 aromatic rings. The smallest absolute Gasteiger partial charge is 0.349 e. The molecule has 0 bridgehead atoms. The molecular formula is C20H26O5. The molecule has 1 aliphatic heterocycles. The lowest BCUT2D eigenvalue weighted by molar-refractivity contribution is -0.222. The fourth-order valence-electron chi connectivity index (χ4n) is 2.78. The molecule has 136 valence electrons. The average molecular weight is 346 g/mol.